The molecule has 4 nitrogen and oxygen atoms in total. The lowest BCUT2D eigenvalue weighted by molar-refractivity contribution is 0.0943. The van der Waals surface area contributed by atoms with Crippen LogP contribution in [-0.4, -0.2) is 48.1 Å². The number of hydrogen-bond donors (Lipinski definition) is 0. The van der Waals surface area contributed by atoms with Crippen molar-refractivity contribution in [2.75, 3.05) is 38.1 Å². The van der Waals surface area contributed by atoms with Gasteiger partial charge in [0.15, 0.2) is 0 Å². The molecule has 0 N–H and O–H groups in total. The van der Waals surface area contributed by atoms with E-state index in [2.05, 4.69) is 26.8 Å². The topological polar surface area (TPSA) is 32.3 Å². The van der Waals surface area contributed by atoms with Gasteiger partial charge in [-0.25, -0.2) is 4.98 Å². The minimum Gasteiger partial charge on any atom is -0.355 e. The van der Waals surface area contributed by atoms with Gasteiger partial charge in [0.05, 0.1) is 6.20 Å². The fourth-order valence-corrected chi connectivity index (χ4v) is 3.26. The van der Waals surface area contributed by atoms with E-state index in [1.165, 1.54) is 38.8 Å². The quantitative estimate of drug-likeness (QED) is 0.756. The van der Waals surface area contributed by atoms with Crippen LogP contribution in [0.5, 0.6) is 0 Å². The van der Waals surface area contributed by atoms with Gasteiger partial charge in [-0.15, -0.1) is 0 Å². The van der Waals surface area contributed by atoms with Crippen molar-refractivity contribution in [2.24, 2.45) is 5.41 Å². The van der Waals surface area contributed by atoms with E-state index in [-0.39, 0.29) is 0 Å². The molecule has 0 amide bonds. The fourth-order valence-electron chi connectivity index (χ4n) is 3.26. The van der Waals surface area contributed by atoms with Gasteiger partial charge in [0.2, 0.25) is 0 Å². The lowest BCUT2D eigenvalue weighted by Gasteiger charge is -2.46. The third-order valence-electron chi connectivity index (χ3n) is 4.75. The maximum absolute atomic E-state index is 4.40. The lowest BCUT2D eigenvalue weighted by Crippen LogP contribution is -2.46. The Labute approximate surface area is 109 Å². The van der Waals surface area contributed by atoms with Crippen molar-refractivity contribution in [2.45, 2.75) is 25.7 Å². The molecule has 4 heteroatoms. The van der Waals surface area contributed by atoms with Crippen LogP contribution in [-0.2, 0) is 0 Å². The van der Waals surface area contributed by atoms with Crippen molar-refractivity contribution in [3.63, 3.8) is 0 Å². The normalized spacial score (nSPS) is 24.4. The van der Waals surface area contributed by atoms with Crippen molar-refractivity contribution in [1.29, 1.82) is 0 Å². The molecule has 1 aromatic heterocycles. The molecule has 0 aromatic carbocycles. The summed E-state index contributed by atoms with van der Waals surface area (Å²) in [6, 6.07) is 0. The Kier molecular flexibility index (Phi) is 3.20. The molecule has 1 aromatic rings. The number of rotatable bonds is 1. The van der Waals surface area contributed by atoms with Gasteiger partial charge in [-0.05, 0) is 51.2 Å². The Morgan fingerprint density at radius 1 is 1.00 bits per heavy atom. The van der Waals surface area contributed by atoms with Gasteiger partial charge in [-0.3, -0.25) is 4.98 Å². The SMILES string of the molecule is CN1CCC2(CC1)CCN(c1cnccn1)CC2. The molecule has 2 fully saturated rings. The largest absolute Gasteiger partial charge is 0.355 e. The molecule has 0 radical (unpaired) electrons. The Morgan fingerprint density at radius 3 is 2.28 bits per heavy atom. The molecule has 18 heavy (non-hydrogen) atoms. The average molecular weight is 246 g/mol. The van der Waals surface area contributed by atoms with E-state index in [4.69, 9.17) is 0 Å². The molecule has 0 bridgehead atoms. The Balaban J connectivity index is 1.61. The minimum absolute atomic E-state index is 0.616. The predicted octanol–water partition coefficient (Wildman–Crippen LogP) is 1.79. The molecule has 0 unspecified atom stereocenters. The third kappa shape index (κ3) is 2.34. The van der Waals surface area contributed by atoms with E-state index in [1.807, 2.05) is 6.20 Å². The lowest BCUT2D eigenvalue weighted by atomic mass is 9.71. The van der Waals surface area contributed by atoms with Crippen molar-refractivity contribution in [1.82, 2.24) is 14.9 Å². The van der Waals surface area contributed by atoms with E-state index in [0.717, 1.165) is 18.9 Å². The number of hydrogen-bond acceptors (Lipinski definition) is 4. The van der Waals surface area contributed by atoms with Crippen LogP contribution in [0.1, 0.15) is 25.7 Å². The van der Waals surface area contributed by atoms with Gasteiger partial charge in [0.25, 0.3) is 0 Å². The van der Waals surface area contributed by atoms with Crippen LogP contribution in [0, 0.1) is 5.41 Å². The van der Waals surface area contributed by atoms with Gasteiger partial charge in [0.1, 0.15) is 5.82 Å². The monoisotopic (exact) mass is 246 g/mol. The summed E-state index contributed by atoms with van der Waals surface area (Å²) >= 11 is 0. The number of piperidine rings is 2. The van der Waals surface area contributed by atoms with Gasteiger partial charge in [-0.1, -0.05) is 0 Å². The van der Waals surface area contributed by atoms with Crippen molar-refractivity contribution in [3.8, 4) is 0 Å². The van der Waals surface area contributed by atoms with Crippen LogP contribution in [0.2, 0.25) is 0 Å². The number of likely N-dealkylation sites (tertiary alicyclic amines) is 1. The predicted molar refractivity (Wildman–Crippen MR) is 72.6 cm³/mol. The molecule has 1 spiro atoms. The summed E-state index contributed by atoms with van der Waals surface area (Å²) < 4.78 is 0. The molecule has 2 aliphatic heterocycles. The molecule has 98 valence electrons. The highest BCUT2D eigenvalue weighted by atomic mass is 15.2. The average Bonchev–Trinajstić information content (AvgIpc) is 2.44. The van der Waals surface area contributed by atoms with Crippen molar-refractivity contribution in [3.05, 3.63) is 18.6 Å². The van der Waals surface area contributed by atoms with Crippen LogP contribution >= 0.6 is 0 Å². The summed E-state index contributed by atoms with van der Waals surface area (Å²) in [5.41, 5.74) is 0.616. The summed E-state index contributed by atoms with van der Waals surface area (Å²) in [4.78, 5) is 13.4. The van der Waals surface area contributed by atoms with Gasteiger partial charge in [0, 0.05) is 25.5 Å². The third-order valence-corrected chi connectivity index (χ3v) is 4.75. The highest BCUT2D eigenvalue weighted by Gasteiger charge is 2.36. The first-order chi connectivity index (χ1) is 8.77. The standard InChI is InChI=1S/C14H22N4/c1-17-8-2-14(3-9-17)4-10-18(11-5-14)13-12-15-6-7-16-13/h6-7,12H,2-5,8-11H2,1H3. The number of anilines is 1. The van der Waals surface area contributed by atoms with E-state index in [9.17, 15) is 0 Å². The molecular formula is C14H22N4. The van der Waals surface area contributed by atoms with Crippen LogP contribution in [0.15, 0.2) is 18.6 Å². The van der Waals surface area contributed by atoms with Crippen LogP contribution in [0.25, 0.3) is 0 Å². The molecule has 0 atom stereocenters. The van der Waals surface area contributed by atoms with Crippen molar-refractivity contribution < 1.29 is 0 Å². The summed E-state index contributed by atoms with van der Waals surface area (Å²) in [6.07, 6.45) is 10.8. The fraction of sp³-hybridized carbons (Fsp3) is 0.714. The highest BCUT2D eigenvalue weighted by molar-refractivity contribution is 5.35. The van der Waals surface area contributed by atoms with E-state index >= 15 is 0 Å². The first kappa shape index (κ1) is 11.9. The van der Waals surface area contributed by atoms with Gasteiger partial charge < -0.3 is 9.80 Å². The Bertz CT molecular complexity index is 374. The molecule has 0 aliphatic carbocycles. The maximum Gasteiger partial charge on any atom is 0.147 e. The summed E-state index contributed by atoms with van der Waals surface area (Å²) in [6.45, 7) is 4.82. The smallest absolute Gasteiger partial charge is 0.147 e. The van der Waals surface area contributed by atoms with E-state index in [1.54, 1.807) is 12.4 Å². The van der Waals surface area contributed by atoms with Crippen molar-refractivity contribution >= 4 is 5.82 Å². The van der Waals surface area contributed by atoms with Crippen LogP contribution in [0.4, 0.5) is 5.82 Å². The number of nitrogens with zero attached hydrogens (tertiary/aromatic N) is 4. The van der Waals surface area contributed by atoms with E-state index < -0.39 is 0 Å². The van der Waals surface area contributed by atoms with Crippen LogP contribution < -0.4 is 4.90 Å². The van der Waals surface area contributed by atoms with E-state index in [0.29, 0.717) is 5.41 Å². The molecule has 3 heterocycles. The summed E-state index contributed by atoms with van der Waals surface area (Å²) in [5, 5.41) is 0. The first-order valence-electron chi connectivity index (χ1n) is 6.97. The zero-order chi connectivity index (χ0) is 12.4. The molecule has 2 aliphatic rings. The zero-order valence-corrected chi connectivity index (χ0v) is 11.2. The van der Waals surface area contributed by atoms with Gasteiger partial charge >= 0.3 is 0 Å². The van der Waals surface area contributed by atoms with Gasteiger partial charge in [-0.2, -0.15) is 0 Å². The molecular weight excluding hydrogens is 224 g/mol. The maximum atomic E-state index is 4.40. The second-order valence-electron chi connectivity index (χ2n) is 5.85. The second kappa shape index (κ2) is 4.84. The second-order valence-corrected chi connectivity index (χ2v) is 5.85. The zero-order valence-electron chi connectivity index (χ0n) is 11.2. The first-order valence-corrected chi connectivity index (χ1v) is 6.97. The van der Waals surface area contributed by atoms with Crippen LogP contribution in [0.3, 0.4) is 0 Å². The highest BCUT2D eigenvalue weighted by Crippen LogP contribution is 2.41. The minimum atomic E-state index is 0.616. The Morgan fingerprint density at radius 2 is 1.67 bits per heavy atom. The molecule has 3 rings (SSSR count). The summed E-state index contributed by atoms with van der Waals surface area (Å²) in [7, 11) is 2.24. The Hall–Kier alpha value is -1.16. The number of aromatic nitrogens is 2. The molecule has 0 saturated carbocycles. The summed E-state index contributed by atoms with van der Waals surface area (Å²) in [5.74, 6) is 1.04. The molecule has 2 saturated heterocycles.